The molecule has 0 aliphatic heterocycles. The SMILES string of the molecule is CC[C@@H](COC)N[C@H](C)c1cnn(C)c1. The molecule has 86 valence electrons. The normalized spacial score (nSPS) is 15.2. The van der Waals surface area contributed by atoms with Crippen LogP contribution in [0.25, 0.3) is 0 Å². The minimum Gasteiger partial charge on any atom is -0.383 e. The van der Waals surface area contributed by atoms with Crippen LogP contribution in [0.1, 0.15) is 31.9 Å². The first kappa shape index (κ1) is 12.2. The number of methoxy groups -OCH3 is 1. The Morgan fingerprint density at radius 3 is 2.80 bits per heavy atom. The molecule has 2 atom stereocenters. The van der Waals surface area contributed by atoms with Gasteiger partial charge in [0.2, 0.25) is 0 Å². The van der Waals surface area contributed by atoms with Crippen molar-refractivity contribution >= 4 is 0 Å². The van der Waals surface area contributed by atoms with Crippen molar-refractivity contribution in [3.05, 3.63) is 18.0 Å². The first-order valence-electron chi connectivity index (χ1n) is 5.40. The predicted molar refractivity (Wildman–Crippen MR) is 60.7 cm³/mol. The first-order chi connectivity index (χ1) is 7.17. The van der Waals surface area contributed by atoms with Gasteiger partial charge in [0.1, 0.15) is 0 Å². The van der Waals surface area contributed by atoms with E-state index in [-0.39, 0.29) is 0 Å². The van der Waals surface area contributed by atoms with Crippen LogP contribution in [0.3, 0.4) is 0 Å². The standard InChI is InChI=1S/C11H21N3O/c1-5-11(8-15-4)13-9(2)10-6-12-14(3)7-10/h6-7,9,11,13H,5,8H2,1-4H3/t9-,11+/m1/s1. The number of ether oxygens (including phenoxy) is 1. The van der Waals surface area contributed by atoms with Crippen LogP contribution in [0.2, 0.25) is 0 Å². The summed E-state index contributed by atoms with van der Waals surface area (Å²) >= 11 is 0. The van der Waals surface area contributed by atoms with E-state index in [1.807, 2.05) is 24.1 Å². The van der Waals surface area contributed by atoms with E-state index in [9.17, 15) is 0 Å². The van der Waals surface area contributed by atoms with E-state index >= 15 is 0 Å². The van der Waals surface area contributed by atoms with E-state index in [0.717, 1.165) is 13.0 Å². The second-order valence-electron chi connectivity index (χ2n) is 3.90. The lowest BCUT2D eigenvalue weighted by Crippen LogP contribution is -2.34. The summed E-state index contributed by atoms with van der Waals surface area (Å²) in [6.45, 7) is 5.06. The lowest BCUT2D eigenvalue weighted by Gasteiger charge is -2.20. The topological polar surface area (TPSA) is 39.1 Å². The summed E-state index contributed by atoms with van der Waals surface area (Å²) in [5.41, 5.74) is 1.21. The third-order valence-corrected chi connectivity index (χ3v) is 2.57. The molecule has 0 aliphatic rings. The molecule has 0 radical (unpaired) electrons. The van der Waals surface area contributed by atoms with Crippen LogP contribution in [0.4, 0.5) is 0 Å². The van der Waals surface area contributed by atoms with Crippen molar-refractivity contribution in [2.75, 3.05) is 13.7 Å². The average molecular weight is 211 g/mol. The zero-order valence-corrected chi connectivity index (χ0v) is 10.0. The molecule has 0 unspecified atom stereocenters. The van der Waals surface area contributed by atoms with Crippen molar-refractivity contribution in [2.45, 2.75) is 32.4 Å². The van der Waals surface area contributed by atoms with Crippen LogP contribution in [-0.4, -0.2) is 29.5 Å². The summed E-state index contributed by atoms with van der Waals surface area (Å²) < 4.78 is 6.98. The van der Waals surface area contributed by atoms with Crippen molar-refractivity contribution < 1.29 is 4.74 Å². The Kier molecular flexibility index (Phi) is 4.78. The Morgan fingerprint density at radius 1 is 1.60 bits per heavy atom. The van der Waals surface area contributed by atoms with E-state index in [4.69, 9.17) is 4.74 Å². The van der Waals surface area contributed by atoms with Gasteiger partial charge in [-0.15, -0.1) is 0 Å². The van der Waals surface area contributed by atoms with Crippen LogP contribution < -0.4 is 5.32 Å². The number of nitrogens with zero attached hydrogens (tertiary/aromatic N) is 2. The minimum atomic E-state index is 0.318. The second kappa shape index (κ2) is 5.88. The third kappa shape index (κ3) is 3.64. The number of aromatic nitrogens is 2. The lowest BCUT2D eigenvalue weighted by atomic mass is 10.1. The summed E-state index contributed by atoms with van der Waals surface area (Å²) in [5, 5.41) is 7.68. The molecule has 1 N–H and O–H groups in total. The maximum Gasteiger partial charge on any atom is 0.0615 e. The number of hydrogen-bond acceptors (Lipinski definition) is 3. The first-order valence-corrected chi connectivity index (χ1v) is 5.40. The molecule has 4 nitrogen and oxygen atoms in total. The Hall–Kier alpha value is -0.870. The molecule has 0 aliphatic carbocycles. The van der Waals surface area contributed by atoms with Crippen molar-refractivity contribution in [2.24, 2.45) is 7.05 Å². The van der Waals surface area contributed by atoms with Crippen LogP contribution in [-0.2, 0) is 11.8 Å². The largest absolute Gasteiger partial charge is 0.383 e. The van der Waals surface area contributed by atoms with E-state index in [2.05, 4.69) is 24.3 Å². The molecule has 4 heteroatoms. The van der Waals surface area contributed by atoms with Gasteiger partial charge in [-0.05, 0) is 13.3 Å². The average Bonchev–Trinajstić information content (AvgIpc) is 2.64. The highest BCUT2D eigenvalue weighted by atomic mass is 16.5. The Bertz CT molecular complexity index is 285. The van der Waals surface area contributed by atoms with Gasteiger partial charge in [0.05, 0.1) is 12.8 Å². The van der Waals surface area contributed by atoms with E-state index in [1.54, 1.807) is 7.11 Å². The number of hydrogen-bond donors (Lipinski definition) is 1. The van der Waals surface area contributed by atoms with Crippen molar-refractivity contribution in [3.63, 3.8) is 0 Å². The van der Waals surface area contributed by atoms with E-state index in [0.29, 0.717) is 12.1 Å². The van der Waals surface area contributed by atoms with E-state index < -0.39 is 0 Å². The summed E-state index contributed by atoms with van der Waals surface area (Å²) in [6, 6.07) is 0.726. The van der Waals surface area contributed by atoms with Gasteiger partial charge in [0.25, 0.3) is 0 Å². The molecule has 0 saturated heterocycles. The molecular weight excluding hydrogens is 190 g/mol. The quantitative estimate of drug-likeness (QED) is 0.775. The van der Waals surface area contributed by atoms with Gasteiger partial charge >= 0.3 is 0 Å². The van der Waals surface area contributed by atoms with Crippen LogP contribution in [0, 0.1) is 0 Å². The van der Waals surface area contributed by atoms with Gasteiger partial charge in [-0.2, -0.15) is 5.10 Å². The van der Waals surface area contributed by atoms with Gasteiger partial charge in [0, 0.05) is 38.0 Å². The van der Waals surface area contributed by atoms with Gasteiger partial charge in [0.15, 0.2) is 0 Å². The summed E-state index contributed by atoms with van der Waals surface area (Å²) in [5.74, 6) is 0. The molecule has 1 rings (SSSR count). The molecule has 0 fully saturated rings. The van der Waals surface area contributed by atoms with Gasteiger partial charge in [-0.3, -0.25) is 4.68 Å². The summed E-state index contributed by atoms with van der Waals surface area (Å²) in [4.78, 5) is 0. The summed E-state index contributed by atoms with van der Waals surface area (Å²) in [7, 11) is 3.67. The monoisotopic (exact) mass is 211 g/mol. The van der Waals surface area contributed by atoms with Crippen LogP contribution in [0.5, 0.6) is 0 Å². The molecule has 15 heavy (non-hydrogen) atoms. The molecule has 0 spiro atoms. The maximum absolute atomic E-state index is 5.15. The molecule has 1 aromatic rings. The lowest BCUT2D eigenvalue weighted by molar-refractivity contribution is 0.159. The second-order valence-corrected chi connectivity index (χ2v) is 3.90. The van der Waals surface area contributed by atoms with Gasteiger partial charge in [-0.1, -0.05) is 6.92 Å². The van der Waals surface area contributed by atoms with Gasteiger partial charge in [-0.25, -0.2) is 0 Å². The molecule has 0 amide bonds. The van der Waals surface area contributed by atoms with E-state index in [1.165, 1.54) is 5.56 Å². The molecule has 1 aromatic heterocycles. The van der Waals surface area contributed by atoms with Crippen molar-refractivity contribution in [3.8, 4) is 0 Å². The molecule has 0 bridgehead atoms. The highest BCUT2D eigenvalue weighted by molar-refractivity contribution is 5.09. The fraction of sp³-hybridized carbons (Fsp3) is 0.727. The molecular formula is C11H21N3O. The Balaban J connectivity index is 2.50. The highest BCUT2D eigenvalue weighted by Gasteiger charge is 2.12. The zero-order chi connectivity index (χ0) is 11.3. The smallest absolute Gasteiger partial charge is 0.0615 e. The molecule has 0 aromatic carbocycles. The minimum absolute atomic E-state index is 0.318. The Morgan fingerprint density at radius 2 is 2.33 bits per heavy atom. The fourth-order valence-corrected chi connectivity index (χ4v) is 1.60. The molecule has 0 saturated carbocycles. The number of rotatable bonds is 6. The summed E-state index contributed by atoms with van der Waals surface area (Å²) in [6.07, 6.45) is 5.01. The Labute approximate surface area is 91.6 Å². The fourth-order valence-electron chi connectivity index (χ4n) is 1.60. The maximum atomic E-state index is 5.15. The third-order valence-electron chi connectivity index (χ3n) is 2.57. The van der Waals surface area contributed by atoms with Crippen LogP contribution >= 0.6 is 0 Å². The van der Waals surface area contributed by atoms with Crippen LogP contribution in [0.15, 0.2) is 12.4 Å². The number of aryl methyl sites for hydroxylation is 1. The number of nitrogens with one attached hydrogen (secondary N) is 1. The molecule has 1 heterocycles. The zero-order valence-electron chi connectivity index (χ0n) is 10.0. The van der Waals surface area contributed by atoms with Crippen molar-refractivity contribution in [1.29, 1.82) is 0 Å². The predicted octanol–water partition coefficient (Wildman–Crippen LogP) is 1.50. The van der Waals surface area contributed by atoms with Crippen molar-refractivity contribution in [1.82, 2.24) is 15.1 Å². The highest BCUT2D eigenvalue weighted by Crippen LogP contribution is 2.12. The van der Waals surface area contributed by atoms with Gasteiger partial charge < -0.3 is 10.1 Å².